The van der Waals surface area contributed by atoms with E-state index >= 15 is 0 Å². The van der Waals surface area contributed by atoms with E-state index in [2.05, 4.69) is 36.5 Å². The van der Waals surface area contributed by atoms with E-state index in [9.17, 15) is 0 Å². The Morgan fingerprint density at radius 2 is 1.90 bits per heavy atom. The molecule has 0 unspecified atom stereocenters. The molecule has 1 fully saturated rings. The summed E-state index contributed by atoms with van der Waals surface area (Å²) in [5.74, 6) is 0. The van der Waals surface area contributed by atoms with Crippen molar-refractivity contribution in [2.75, 3.05) is 11.9 Å². The second-order valence-electron chi connectivity index (χ2n) is 5.78. The van der Waals surface area contributed by atoms with Crippen LogP contribution in [0.5, 0.6) is 0 Å². The number of hydrogen-bond acceptors (Lipinski definition) is 2. The van der Waals surface area contributed by atoms with Crippen LogP contribution in [0.4, 0.5) is 5.69 Å². The molecular weight excluding hydrogens is 264 g/mol. The minimum absolute atomic E-state index is 0.458. The third-order valence-corrected chi connectivity index (χ3v) is 4.77. The van der Waals surface area contributed by atoms with Gasteiger partial charge in [-0.25, -0.2) is 0 Å². The molecule has 0 heterocycles. The second kappa shape index (κ2) is 5.06. The largest absolute Gasteiger partial charge is 0.389 e. The first-order valence-corrected chi connectivity index (χ1v) is 7.61. The van der Waals surface area contributed by atoms with Gasteiger partial charge in [-0.1, -0.05) is 43.4 Å². The number of anilines is 1. The fourth-order valence-electron chi connectivity index (χ4n) is 2.78. The highest BCUT2D eigenvalue weighted by Crippen LogP contribution is 2.48. The Labute approximate surface area is 125 Å². The van der Waals surface area contributed by atoms with Crippen LogP contribution in [0.2, 0.25) is 0 Å². The average Bonchev–Trinajstić information content (AvgIpc) is 3.25. The summed E-state index contributed by atoms with van der Waals surface area (Å²) < 4.78 is 0. The van der Waals surface area contributed by atoms with Gasteiger partial charge < -0.3 is 11.1 Å². The smallest absolute Gasteiger partial charge is 0.104 e. The van der Waals surface area contributed by atoms with Crippen LogP contribution in [0.25, 0.3) is 10.8 Å². The molecule has 0 amide bonds. The molecule has 0 bridgehead atoms. The summed E-state index contributed by atoms with van der Waals surface area (Å²) in [7, 11) is 0. The maximum absolute atomic E-state index is 5.82. The van der Waals surface area contributed by atoms with E-state index in [4.69, 9.17) is 18.0 Å². The SMILES string of the molecule is CCC1(CNc2ccc(C(N)=S)c3ccccc23)CC1. The lowest BCUT2D eigenvalue weighted by molar-refractivity contribution is 0.522. The Bertz CT molecular complexity index is 659. The van der Waals surface area contributed by atoms with Crippen LogP contribution in [0.1, 0.15) is 31.7 Å². The van der Waals surface area contributed by atoms with Crippen LogP contribution >= 0.6 is 12.2 Å². The normalized spacial score (nSPS) is 16.1. The quantitative estimate of drug-likeness (QED) is 0.813. The standard InChI is InChI=1S/C17H20N2S/c1-2-17(9-10-17)11-19-15-8-7-14(16(18)20)12-5-3-4-6-13(12)15/h3-8,19H,2,9-11H2,1H3,(H2,18,20). The number of thiocarbonyl (C=S) groups is 1. The Kier molecular flexibility index (Phi) is 3.38. The summed E-state index contributed by atoms with van der Waals surface area (Å²) >= 11 is 5.14. The predicted molar refractivity (Wildman–Crippen MR) is 90.3 cm³/mol. The van der Waals surface area contributed by atoms with E-state index in [1.807, 2.05) is 12.1 Å². The van der Waals surface area contributed by atoms with Gasteiger partial charge in [0.25, 0.3) is 0 Å². The molecule has 3 heteroatoms. The van der Waals surface area contributed by atoms with Crippen LogP contribution in [0.15, 0.2) is 36.4 Å². The summed E-state index contributed by atoms with van der Waals surface area (Å²) in [5, 5.41) is 5.95. The van der Waals surface area contributed by atoms with Gasteiger partial charge in [-0.2, -0.15) is 0 Å². The van der Waals surface area contributed by atoms with Crippen molar-refractivity contribution < 1.29 is 0 Å². The summed E-state index contributed by atoms with van der Waals surface area (Å²) in [5.41, 5.74) is 8.48. The maximum Gasteiger partial charge on any atom is 0.104 e. The van der Waals surface area contributed by atoms with Gasteiger partial charge >= 0.3 is 0 Å². The topological polar surface area (TPSA) is 38.0 Å². The number of nitrogens with one attached hydrogen (secondary N) is 1. The number of fused-ring (bicyclic) bond motifs is 1. The third-order valence-electron chi connectivity index (χ3n) is 4.55. The first kappa shape index (κ1) is 13.4. The van der Waals surface area contributed by atoms with Gasteiger partial charge in [-0.15, -0.1) is 0 Å². The number of hydrogen-bond donors (Lipinski definition) is 2. The molecule has 2 aromatic rings. The fraction of sp³-hybridized carbons (Fsp3) is 0.353. The first-order valence-electron chi connectivity index (χ1n) is 7.21. The van der Waals surface area contributed by atoms with Crippen molar-refractivity contribution in [2.45, 2.75) is 26.2 Å². The zero-order chi connectivity index (χ0) is 14.2. The summed E-state index contributed by atoms with van der Waals surface area (Å²) in [6.45, 7) is 3.34. The van der Waals surface area contributed by atoms with Gasteiger partial charge in [-0.3, -0.25) is 0 Å². The van der Waals surface area contributed by atoms with Crippen molar-refractivity contribution in [1.29, 1.82) is 0 Å². The third kappa shape index (κ3) is 2.38. The van der Waals surface area contributed by atoms with Gasteiger partial charge in [0.15, 0.2) is 0 Å². The first-order chi connectivity index (χ1) is 9.65. The summed E-state index contributed by atoms with van der Waals surface area (Å²) in [6.07, 6.45) is 3.95. The van der Waals surface area contributed by atoms with Gasteiger partial charge in [0.2, 0.25) is 0 Å². The number of benzene rings is 2. The van der Waals surface area contributed by atoms with Crippen molar-refractivity contribution >= 4 is 33.7 Å². The molecule has 104 valence electrons. The molecule has 3 rings (SSSR count). The van der Waals surface area contributed by atoms with E-state index in [0.29, 0.717) is 10.4 Å². The lowest BCUT2D eigenvalue weighted by Crippen LogP contribution is -2.15. The monoisotopic (exact) mass is 284 g/mol. The molecule has 0 aliphatic heterocycles. The zero-order valence-corrected chi connectivity index (χ0v) is 12.6. The van der Waals surface area contributed by atoms with E-state index in [1.165, 1.54) is 30.3 Å². The van der Waals surface area contributed by atoms with E-state index in [0.717, 1.165) is 17.5 Å². The molecular formula is C17H20N2S. The van der Waals surface area contributed by atoms with Crippen LogP contribution in [0, 0.1) is 5.41 Å². The van der Waals surface area contributed by atoms with E-state index < -0.39 is 0 Å². The molecule has 20 heavy (non-hydrogen) atoms. The van der Waals surface area contributed by atoms with Gasteiger partial charge in [0.05, 0.1) is 0 Å². The van der Waals surface area contributed by atoms with Crippen molar-refractivity contribution in [2.24, 2.45) is 11.1 Å². The lowest BCUT2D eigenvalue weighted by Gasteiger charge is -2.17. The molecule has 1 aliphatic carbocycles. The molecule has 1 aliphatic rings. The molecule has 3 N–H and O–H groups in total. The summed E-state index contributed by atoms with van der Waals surface area (Å²) in [4.78, 5) is 0.458. The van der Waals surface area contributed by atoms with Crippen molar-refractivity contribution in [1.82, 2.24) is 0 Å². The minimum atomic E-state index is 0.458. The van der Waals surface area contributed by atoms with E-state index in [1.54, 1.807) is 0 Å². The fourth-order valence-corrected chi connectivity index (χ4v) is 2.96. The van der Waals surface area contributed by atoms with Gasteiger partial charge in [0.1, 0.15) is 4.99 Å². The highest BCUT2D eigenvalue weighted by atomic mass is 32.1. The molecule has 0 spiro atoms. The van der Waals surface area contributed by atoms with Crippen LogP contribution < -0.4 is 11.1 Å². The van der Waals surface area contributed by atoms with Crippen LogP contribution in [0.3, 0.4) is 0 Å². The minimum Gasteiger partial charge on any atom is -0.389 e. The predicted octanol–water partition coefficient (Wildman–Crippen LogP) is 4.08. The zero-order valence-electron chi connectivity index (χ0n) is 11.8. The molecule has 1 saturated carbocycles. The Morgan fingerprint density at radius 1 is 1.20 bits per heavy atom. The van der Waals surface area contributed by atoms with Crippen molar-refractivity contribution in [3.63, 3.8) is 0 Å². The summed E-state index contributed by atoms with van der Waals surface area (Å²) in [6, 6.07) is 12.4. The molecule has 0 saturated heterocycles. The van der Waals surface area contributed by atoms with Crippen LogP contribution in [-0.2, 0) is 0 Å². The Hall–Kier alpha value is -1.61. The number of rotatable bonds is 5. The second-order valence-corrected chi connectivity index (χ2v) is 6.22. The van der Waals surface area contributed by atoms with Gasteiger partial charge in [-0.05, 0) is 42.2 Å². The molecule has 2 nitrogen and oxygen atoms in total. The Balaban J connectivity index is 1.96. The van der Waals surface area contributed by atoms with Crippen molar-refractivity contribution in [3.8, 4) is 0 Å². The van der Waals surface area contributed by atoms with E-state index in [-0.39, 0.29) is 0 Å². The highest BCUT2D eigenvalue weighted by molar-refractivity contribution is 7.80. The number of nitrogens with two attached hydrogens (primary N) is 1. The molecule has 0 atom stereocenters. The van der Waals surface area contributed by atoms with Gasteiger partial charge in [0, 0.05) is 23.2 Å². The average molecular weight is 284 g/mol. The van der Waals surface area contributed by atoms with Crippen molar-refractivity contribution in [3.05, 3.63) is 42.0 Å². The van der Waals surface area contributed by atoms with Crippen LogP contribution in [-0.4, -0.2) is 11.5 Å². The molecule has 0 aromatic heterocycles. The highest BCUT2D eigenvalue weighted by Gasteiger charge is 2.40. The Morgan fingerprint density at radius 3 is 2.50 bits per heavy atom. The maximum atomic E-state index is 5.82. The lowest BCUT2D eigenvalue weighted by atomic mass is 10.0. The molecule has 0 radical (unpaired) electrons. The molecule has 2 aromatic carbocycles.